The highest BCUT2D eigenvalue weighted by atomic mass is 16.2. The number of hydrogen-bond acceptors (Lipinski definition) is 3. The topological polar surface area (TPSA) is 73.1 Å². The molecule has 1 aliphatic rings. The van der Waals surface area contributed by atoms with E-state index in [4.69, 9.17) is 0 Å². The molecule has 6 nitrogen and oxygen atoms in total. The Morgan fingerprint density at radius 1 is 1.15 bits per heavy atom. The van der Waals surface area contributed by atoms with Crippen LogP contribution in [0.2, 0.25) is 0 Å². The molecular weight excluding hydrogens is 330 g/mol. The SMILES string of the molecule is CCn1c(=O)c2ccccc2n(CC(=O)NCCC2=CCCCC2)c1=O. The Kier molecular flexibility index (Phi) is 5.71. The smallest absolute Gasteiger partial charge is 0.331 e. The largest absolute Gasteiger partial charge is 0.354 e. The summed E-state index contributed by atoms with van der Waals surface area (Å²) in [6.07, 6.45) is 7.84. The van der Waals surface area contributed by atoms with E-state index in [2.05, 4.69) is 11.4 Å². The monoisotopic (exact) mass is 355 g/mol. The molecule has 1 heterocycles. The molecule has 1 aromatic heterocycles. The summed E-state index contributed by atoms with van der Waals surface area (Å²) in [5.74, 6) is -0.213. The summed E-state index contributed by atoms with van der Waals surface area (Å²) in [6, 6.07) is 6.92. The maximum absolute atomic E-state index is 12.6. The lowest BCUT2D eigenvalue weighted by Gasteiger charge is -2.15. The van der Waals surface area contributed by atoms with Crippen LogP contribution in [0.3, 0.4) is 0 Å². The van der Waals surface area contributed by atoms with Gasteiger partial charge in [0.2, 0.25) is 5.91 Å². The van der Waals surface area contributed by atoms with E-state index in [1.807, 2.05) is 0 Å². The fourth-order valence-electron chi connectivity index (χ4n) is 3.50. The number of hydrogen-bond donors (Lipinski definition) is 1. The van der Waals surface area contributed by atoms with Crippen molar-refractivity contribution in [2.75, 3.05) is 6.54 Å². The lowest BCUT2D eigenvalue weighted by Crippen LogP contribution is -2.42. The van der Waals surface area contributed by atoms with E-state index in [1.54, 1.807) is 31.2 Å². The summed E-state index contributed by atoms with van der Waals surface area (Å²) < 4.78 is 2.55. The van der Waals surface area contributed by atoms with Gasteiger partial charge in [-0.15, -0.1) is 0 Å². The van der Waals surface area contributed by atoms with Gasteiger partial charge in [0.05, 0.1) is 10.9 Å². The average Bonchev–Trinajstić information content (AvgIpc) is 2.66. The van der Waals surface area contributed by atoms with Gasteiger partial charge in [-0.25, -0.2) is 4.79 Å². The zero-order chi connectivity index (χ0) is 18.5. The van der Waals surface area contributed by atoms with Crippen LogP contribution < -0.4 is 16.6 Å². The summed E-state index contributed by atoms with van der Waals surface area (Å²) >= 11 is 0. The van der Waals surface area contributed by atoms with Gasteiger partial charge in [-0.1, -0.05) is 23.8 Å². The van der Waals surface area contributed by atoms with Gasteiger partial charge in [-0.05, 0) is 51.2 Å². The van der Waals surface area contributed by atoms with Crippen molar-refractivity contribution >= 4 is 16.8 Å². The van der Waals surface area contributed by atoms with Gasteiger partial charge in [0, 0.05) is 13.1 Å². The molecule has 0 saturated heterocycles. The number of amides is 1. The molecule has 138 valence electrons. The predicted octanol–water partition coefficient (Wildman–Crippen LogP) is 2.19. The third-order valence-electron chi connectivity index (χ3n) is 4.90. The first-order valence-corrected chi connectivity index (χ1v) is 9.28. The number of carbonyl (C=O) groups excluding carboxylic acids is 1. The lowest BCUT2D eigenvalue weighted by molar-refractivity contribution is -0.121. The predicted molar refractivity (Wildman–Crippen MR) is 102 cm³/mol. The summed E-state index contributed by atoms with van der Waals surface area (Å²) in [4.78, 5) is 37.4. The molecule has 1 N–H and O–H groups in total. The standard InChI is InChI=1S/C20H25N3O3/c1-2-22-19(25)16-10-6-7-11-17(16)23(20(22)26)14-18(24)21-13-12-15-8-4-3-5-9-15/h6-8,10-11H,2-5,9,12-14H2,1H3,(H,21,24). The molecule has 0 aliphatic heterocycles. The highest BCUT2D eigenvalue weighted by molar-refractivity contribution is 5.81. The van der Waals surface area contributed by atoms with Crippen molar-refractivity contribution in [3.8, 4) is 0 Å². The van der Waals surface area contributed by atoms with E-state index < -0.39 is 5.69 Å². The number of fused-ring (bicyclic) bond motifs is 1. The van der Waals surface area contributed by atoms with Crippen LogP contribution >= 0.6 is 0 Å². The van der Waals surface area contributed by atoms with Crippen LogP contribution in [0, 0.1) is 0 Å². The second kappa shape index (κ2) is 8.17. The molecule has 6 heteroatoms. The Morgan fingerprint density at radius 3 is 2.69 bits per heavy atom. The van der Waals surface area contributed by atoms with Crippen molar-refractivity contribution in [3.05, 3.63) is 56.8 Å². The Balaban J connectivity index is 1.77. The quantitative estimate of drug-likeness (QED) is 0.807. The Morgan fingerprint density at radius 2 is 1.96 bits per heavy atom. The van der Waals surface area contributed by atoms with Crippen LogP contribution in [-0.2, 0) is 17.9 Å². The zero-order valence-electron chi connectivity index (χ0n) is 15.2. The van der Waals surface area contributed by atoms with Crippen molar-refractivity contribution < 1.29 is 4.79 Å². The van der Waals surface area contributed by atoms with E-state index >= 15 is 0 Å². The van der Waals surface area contributed by atoms with Crippen molar-refractivity contribution in [3.63, 3.8) is 0 Å². The summed E-state index contributed by atoms with van der Waals surface area (Å²) in [6.45, 7) is 2.52. The van der Waals surface area contributed by atoms with Crippen molar-refractivity contribution in [2.24, 2.45) is 0 Å². The number of carbonyl (C=O) groups is 1. The molecule has 26 heavy (non-hydrogen) atoms. The van der Waals surface area contributed by atoms with E-state index in [-0.39, 0.29) is 24.6 Å². The minimum Gasteiger partial charge on any atom is -0.354 e. The molecule has 2 aromatic rings. The molecule has 0 spiro atoms. The van der Waals surface area contributed by atoms with Crippen molar-refractivity contribution in [2.45, 2.75) is 52.1 Å². The molecule has 1 aromatic carbocycles. The van der Waals surface area contributed by atoms with Gasteiger partial charge in [-0.3, -0.25) is 18.7 Å². The first kappa shape index (κ1) is 18.2. The minimum absolute atomic E-state index is 0.0846. The van der Waals surface area contributed by atoms with Gasteiger partial charge < -0.3 is 5.32 Å². The molecular formula is C20H25N3O3. The molecule has 0 saturated carbocycles. The zero-order valence-corrected chi connectivity index (χ0v) is 15.2. The van der Waals surface area contributed by atoms with Gasteiger partial charge in [0.15, 0.2) is 0 Å². The van der Waals surface area contributed by atoms with Gasteiger partial charge in [0.25, 0.3) is 5.56 Å². The van der Waals surface area contributed by atoms with Crippen LogP contribution in [0.5, 0.6) is 0 Å². The third-order valence-corrected chi connectivity index (χ3v) is 4.90. The number of para-hydroxylation sites is 1. The number of nitrogens with zero attached hydrogens (tertiary/aromatic N) is 2. The number of nitrogens with one attached hydrogen (secondary N) is 1. The van der Waals surface area contributed by atoms with E-state index in [1.165, 1.54) is 27.5 Å². The van der Waals surface area contributed by atoms with E-state index in [9.17, 15) is 14.4 Å². The van der Waals surface area contributed by atoms with Crippen LogP contribution in [0.1, 0.15) is 39.0 Å². The highest BCUT2D eigenvalue weighted by Crippen LogP contribution is 2.19. The Bertz CT molecular complexity index is 953. The van der Waals surface area contributed by atoms with Crippen LogP contribution in [0.15, 0.2) is 45.5 Å². The Labute approximate surface area is 152 Å². The number of rotatable bonds is 6. The van der Waals surface area contributed by atoms with Crippen molar-refractivity contribution in [1.29, 1.82) is 0 Å². The van der Waals surface area contributed by atoms with Gasteiger partial charge in [-0.2, -0.15) is 0 Å². The summed E-state index contributed by atoms with van der Waals surface area (Å²) in [5.41, 5.74) is 1.14. The summed E-state index contributed by atoms with van der Waals surface area (Å²) in [5, 5.41) is 3.35. The second-order valence-corrected chi connectivity index (χ2v) is 6.64. The molecule has 0 bridgehead atoms. The fourth-order valence-corrected chi connectivity index (χ4v) is 3.50. The van der Waals surface area contributed by atoms with E-state index in [0.717, 1.165) is 19.3 Å². The van der Waals surface area contributed by atoms with Gasteiger partial charge in [0.1, 0.15) is 6.54 Å². The van der Waals surface area contributed by atoms with Crippen LogP contribution in [0.4, 0.5) is 0 Å². The normalized spacial score (nSPS) is 14.3. The highest BCUT2D eigenvalue weighted by Gasteiger charge is 2.14. The van der Waals surface area contributed by atoms with Crippen LogP contribution in [0.25, 0.3) is 10.9 Å². The molecule has 0 fully saturated rings. The maximum atomic E-state index is 12.6. The molecule has 3 rings (SSSR count). The number of aromatic nitrogens is 2. The summed E-state index contributed by atoms with van der Waals surface area (Å²) in [7, 11) is 0. The maximum Gasteiger partial charge on any atom is 0.331 e. The third kappa shape index (κ3) is 3.79. The first-order chi connectivity index (χ1) is 12.6. The first-order valence-electron chi connectivity index (χ1n) is 9.28. The molecule has 0 unspecified atom stereocenters. The average molecular weight is 355 g/mol. The van der Waals surface area contributed by atoms with Gasteiger partial charge >= 0.3 is 5.69 Å². The molecule has 1 aliphatic carbocycles. The molecule has 0 atom stereocenters. The number of benzene rings is 1. The van der Waals surface area contributed by atoms with Crippen molar-refractivity contribution in [1.82, 2.24) is 14.5 Å². The molecule has 1 amide bonds. The van der Waals surface area contributed by atoms with E-state index in [0.29, 0.717) is 17.4 Å². The second-order valence-electron chi connectivity index (χ2n) is 6.64. The molecule has 0 radical (unpaired) electrons. The fraction of sp³-hybridized carbons (Fsp3) is 0.450. The minimum atomic E-state index is -0.443. The lowest BCUT2D eigenvalue weighted by atomic mass is 9.97. The Hall–Kier alpha value is -2.63. The number of allylic oxidation sites excluding steroid dienone is 1. The van der Waals surface area contributed by atoms with Crippen LogP contribution in [-0.4, -0.2) is 21.6 Å².